The maximum Gasteiger partial charge on any atom is 0.282 e. The molecule has 0 radical (unpaired) electrons. The molecule has 6 heteroatoms. The lowest BCUT2D eigenvalue weighted by Gasteiger charge is -2.14. The summed E-state index contributed by atoms with van der Waals surface area (Å²) in [6.07, 6.45) is 0. The molecule has 0 aromatic heterocycles. The van der Waals surface area contributed by atoms with E-state index in [2.05, 4.69) is 27.9 Å². The standard InChI is InChI=1S/C15H13IN2O3/c1-10(11-6-8-12(16)9-7-11)17-15(19)13-4-2-3-5-14(13)18(20)21/h2-10H,1H3,(H,17,19). The molecule has 0 fully saturated rings. The third-order valence-electron chi connectivity index (χ3n) is 3.06. The zero-order valence-electron chi connectivity index (χ0n) is 11.2. The van der Waals surface area contributed by atoms with Crippen LogP contribution in [0, 0.1) is 13.7 Å². The van der Waals surface area contributed by atoms with Crippen molar-refractivity contribution in [2.75, 3.05) is 0 Å². The largest absolute Gasteiger partial charge is 0.345 e. The van der Waals surface area contributed by atoms with Crippen LogP contribution in [0.2, 0.25) is 0 Å². The molecule has 1 amide bonds. The van der Waals surface area contributed by atoms with Gasteiger partial charge in [0.25, 0.3) is 11.6 Å². The number of nitro groups is 1. The highest BCUT2D eigenvalue weighted by Crippen LogP contribution is 2.20. The van der Waals surface area contributed by atoms with Crippen LogP contribution in [0.25, 0.3) is 0 Å². The molecule has 0 saturated carbocycles. The molecule has 2 rings (SSSR count). The van der Waals surface area contributed by atoms with Crippen LogP contribution in [0.1, 0.15) is 28.9 Å². The molecule has 0 spiro atoms. The molecule has 0 aliphatic carbocycles. The molecule has 5 nitrogen and oxygen atoms in total. The number of nitrogens with one attached hydrogen (secondary N) is 1. The van der Waals surface area contributed by atoms with Crippen LogP contribution in [0.4, 0.5) is 5.69 Å². The second-order valence-corrected chi connectivity index (χ2v) is 5.77. The third-order valence-corrected chi connectivity index (χ3v) is 3.78. The predicted octanol–water partition coefficient (Wildman–Crippen LogP) is 3.69. The number of rotatable bonds is 4. The molecule has 21 heavy (non-hydrogen) atoms. The van der Waals surface area contributed by atoms with E-state index >= 15 is 0 Å². The van der Waals surface area contributed by atoms with Crippen LogP contribution >= 0.6 is 22.6 Å². The van der Waals surface area contributed by atoms with Gasteiger partial charge in [0.05, 0.1) is 11.0 Å². The van der Waals surface area contributed by atoms with Crippen molar-refractivity contribution in [1.82, 2.24) is 5.32 Å². The van der Waals surface area contributed by atoms with Crippen molar-refractivity contribution >= 4 is 34.2 Å². The van der Waals surface area contributed by atoms with E-state index in [4.69, 9.17) is 0 Å². The molecule has 2 aromatic rings. The summed E-state index contributed by atoms with van der Waals surface area (Å²) in [5.74, 6) is -0.451. The van der Waals surface area contributed by atoms with Gasteiger partial charge in [-0.15, -0.1) is 0 Å². The Bertz CT molecular complexity index is 671. The highest BCUT2D eigenvalue weighted by Gasteiger charge is 2.20. The first kappa shape index (κ1) is 15.4. The second-order valence-electron chi connectivity index (χ2n) is 4.52. The van der Waals surface area contributed by atoms with Crippen molar-refractivity contribution in [3.05, 3.63) is 73.3 Å². The van der Waals surface area contributed by atoms with Crippen LogP contribution in [0.5, 0.6) is 0 Å². The summed E-state index contributed by atoms with van der Waals surface area (Å²) in [6.45, 7) is 1.84. The summed E-state index contributed by atoms with van der Waals surface area (Å²) >= 11 is 2.20. The number of halogens is 1. The summed E-state index contributed by atoms with van der Waals surface area (Å²) in [5, 5.41) is 13.7. The molecule has 1 atom stereocenters. The predicted molar refractivity (Wildman–Crippen MR) is 88.1 cm³/mol. The molecule has 2 aromatic carbocycles. The summed E-state index contributed by atoms with van der Waals surface area (Å²) in [7, 11) is 0. The number of hydrogen-bond acceptors (Lipinski definition) is 3. The maximum atomic E-state index is 12.2. The topological polar surface area (TPSA) is 72.2 Å². The monoisotopic (exact) mass is 396 g/mol. The number of carbonyl (C=O) groups is 1. The van der Waals surface area contributed by atoms with Crippen molar-refractivity contribution in [2.45, 2.75) is 13.0 Å². The lowest BCUT2D eigenvalue weighted by molar-refractivity contribution is -0.385. The summed E-state index contributed by atoms with van der Waals surface area (Å²) in [5.41, 5.74) is 0.826. The average Bonchev–Trinajstić information content (AvgIpc) is 2.47. The van der Waals surface area contributed by atoms with Crippen LogP contribution in [-0.4, -0.2) is 10.8 Å². The van der Waals surface area contributed by atoms with Gasteiger partial charge in [0.2, 0.25) is 0 Å². The van der Waals surface area contributed by atoms with Gasteiger partial charge in [-0.2, -0.15) is 0 Å². The SMILES string of the molecule is CC(NC(=O)c1ccccc1[N+](=O)[O-])c1ccc(I)cc1. The first-order valence-electron chi connectivity index (χ1n) is 6.29. The molecule has 0 aliphatic heterocycles. The van der Waals surface area contributed by atoms with E-state index in [1.807, 2.05) is 31.2 Å². The fourth-order valence-electron chi connectivity index (χ4n) is 1.93. The first-order valence-corrected chi connectivity index (χ1v) is 7.36. The number of nitrogens with zero attached hydrogens (tertiary/aromatic N) is 1. The maximum absolute atomic E-state index is 12.2. The third kappa shape index (κ3) is 3.78. The van der Waals surface area contributed by atoms with E-state index in [0.717, 1.165) is 9.13 Å². The van der Waals surface area contributed by atoms with Gasteiger partial charge in [-0.1, -0.05) is 24.3 Å². The molecule has 1 N–H and O–H groups in total. The quantitative estimate of drug-likeness (QED) is 0.487. The van der Waals surface area contributed by atoms with Gasteiger partial charge in [0.15, 0.2) is 0 Å². The molecular weight excluding hydrogens is 383 g/mol. The molecule has 0 aliphatic rings. The summed E-state index contributed by atoms with van der Waals surface area (Å²) < 4.78 is 1.11. The molecule has 0 saturated heterocycles. The lowest BCUT2D eigenvalue weighted by Crippen LogP contribution is -2.27. The number of para-hydroxylation sites is 1. The van der Waals surface area contributed by atoms with Crippen LogP contribution in [0.3, 0.4) is 0 Å². The average molecular weight is 396 g/mol. The molecule has 0 heterocycles. The van der Waals surface area contributed by atoms with Crippen LogP contribution < -0.4 is 5.32 Å². The van der Waals surface area contributed by atoms with Gasteiger partial charge >= 0.3 is 0 Å². The Kier molecular flexibility index (Phi) is 4.89. The van der Waals surface area contributed by atoms with Crippen LogP contribution in [-0.2, 0) is 0 Å². The Morgan fingerprint density at radius 2 is 1.81 bits per heavy atom. The van der Waals surface area contributed by atoms with Gasteiger partial charge in [-0.05, 0) is 53.3 Å². The fraction of sp³-hybridized carbons (Fsp3) is 0.133. The van der Waals surface area contributed by atoms with Gasteiger partial charge in [0, 0.05) is 9.64 Å². The highest BCUT2D eigenvalue weighted by atomic mass is 127. The number of benzene rings is 2. The van der Waals surface area contributed by atoms with E-state index in [1.54, 1.807) is 6.07 Å². The van der Waals surface area contributed by atoms with Gasteiger partial charge in [-0.3, -0.25) is 14.9 Å². The minimum absolute atomic E-state index is 0.0693. The zero-order valence-corrected chi connectivity index (χ0v) is 13.4. The van der Waals surface area contributed by atoms with Crippen molar-refractivity contribution < 1.29 is 9.72 Å². The minimum Gasteiger partial charge on any atom is -0.345 e. The minimum atomic E-state index is -0.551. The lowest BCUT2D eigenvalue weighted by atomic mass is 10.1. The van der Waals surface area contributed by atoms with Gasteiger partial charge in [0.1, 0.15) is 5.56 Å². The smallest absolute Gasteiger partial charge is 0.282 e. The Hall–Kier alpha value is -1.96. The normalized spacial score (nSPS) is 11.7. The Labute approximate surface area is 135 Å². The zero-order chi connectivity index (χ0) is 15.4. The second kappa shape index (κ2) is 6.66. The van der Waals surface area contributed by atoms with E-state index < -0.39 is 10.8 Å². The van der Waals surface area contributed by atoms with Gasteiger partial charge in [-0.25, -0.2) is 0 Å². The fourth-order valence-corrected chi connectivity index (χ4v) is 2.29. The Morgan fingerprint density at radius 3 is 2.43 bits per heavy atom. The van der Waals surface area contributed by atoms with Crippen molar-refractivity contribution in [3.8, 4) is 0 Å². The number of nitro benzene ring substituents is 1. The van der Waals surface area contributed by atoms with E-state index in [0.29, 0.717) is 0 Å². The number of amides is 1. The molecular formula is C15H13IN2O3. The van der Waals surface area contributed by atoms with E-state index in [1.165, 1.54) is 18.2 Å². The van der Waals surface area contributed by atoms with E-state index in [-0.39, 0.29) is 17.3 Å². The van der Waals surface area contributed by atoms with Crippen LogP contribution in [0.15, 0.2) is 48.5 Å². The Balaban J connectivity index is 2.18. The highest BCUT2D eigenvalue weighted by molar-refractivity contribution is 14.1. The summed E-state index contributed by atoms with van der Waals surface area (Å²) in [6, 6.07) is 13.4. The first-order chi connectivity index (χ1) is 9.99. The van der Waals surface area contributed by atoms with E-state index in [9.17, 15) is 14.9 Å². The van der Waals surface area contributed by atoms with Crippen molar-refractivity contribution in [1.29, 1.82) is 0 Å². The molecule has 0 bridgehead atoms. The van der Waals surface area contributed by atoms with Gasteiger partial charge < -0.3 is 5.32 Å². The Morgan fingerprint density at radius 1 is 1.19 bits per heavy atom. The van der Waals surface area contributed by atoms with Crippen molar-refractivity contribution in [3.63, 3.8) is 0 Å². The van der Waals surface area contributed by atoms with Crippen molar-refractivity contribution in [2.24, 2.45) is 0 Å². The number of hydrogen-bond donors (Lipinski definition) is 1. The molecule has 1 unspecified atom stereocenters. The summed E-state index contributed by atoms with van der Waals surface area (Å²) in [4.78, 5) is 22.6. The molecule has 108 valence electrons. The number of carbonyl (C=O) groups excluding carboxylic acids is 1.